The predicted molar refractivity (Wildman–Crippen MR) is 69.8 cm³/mol. The van der Waals surface area contributed by atoms with Crippen LogP contribution in [0.5, 0.6) is 0 Å². The van der Waals surface area contributed by atoms with Crippen molar-refractivity contribution in [2.45, 2.75) is 6.42 Å². The molecule has 0 bridgehead atoms. The van der Waals surface area contributed by atoms with Crippen LogP contribution in [0.2, 0.25) is 5.02 Å². The van der Waals surface area contributed by atoms with E-state index in [4.69, 9.17) is 11.6 Å². The fourth-order valence-electron chi connectivity index (χ4n) is 1.65. The molecule has 2 rings (SSSR count). The number of hydrogen-bond acceptors (Lipinski definition) is 3. The average Bonchev–Trinajstić information content (AvgIpc) is 2.43. The van der Waals surface area contributed by atoms with E-state index in [0.717, 1.165) is 0 Å². The highest BCUT2D eigenvalue weighted by molar-refractivity contribution is 6.31. The van der Waals surface area contributed by atoms with Crippen molar-refractivity contribution in [1.82, 2.24) is 4.98 Å². The van der Waals surface area contributed by atoms with Crippen LogP contribution in [0.4, 0.5) is 4.39 Å². The first kappa shape index (κ1) is 13.5. The van der Waals surface area contributed by atoms with E-state index in [2.05, 4.69) is 9.72 Å². The van der Waals surface area contributed by atoms with E-state index in [1.807, 2.05) is 0 Å². The van der Waals surface area contributed by atoms with E-state index in [0.29, 0.717) is 21.8 Å². The quantitative estimate of drug-likeness (QED) is 0.810. The molecule has 0 aliphatic carbocycles. The van der Waals surface area contributed by atoms with Crippen LogP contribution in [0.25, 0.3) is 0 Å². The standard InChI is InChI=1S/C14H11ClFNO2/c1-19-14(18)9-5-6-10(17-8-9)7-11-12(15)3-2-4-13(11)16/h2-6,8H,7H2,1H3. The maximum atomic E-state index is 13.6. The van der Waals surface area contributed by atoms with E-state index in [1.165, 1.54) is 19.4 Å². The van der Waals surface area contributed by atoms with Gasteiger partial charge in [-0.2, -0.15) is 0 Å². The van der Waals surface area contributed by atoms with Crippen molar-refractivity contribution < 1.29 is 13.9 Å². The second-order valence-electron chi connectivity index (χ2n) is 3.91. The van der Waals surface area contributed by atoms with E-state index in [-0.39, 0.29) is 12.2 Å². The molecule has 0 fully saturated rings. The molecule has 0 amide bonds. The molecule has 0 radical (unpaired) electrons. The van der Waals surface area contributed by atoms with Gasteiger partial charge >= 0.3 is 5.97 Å². The van der Waals surface area contributed by atoms with Gasteiger partial charge in [0.15, 0.2) is 0 Å². The predicted octanol–water partition coefficient (Wildman–Crippen LogP) is 3.25. The Hall–Kier alpha value is -1.94. The Morgan fingerprint density at radius 3 is 2.74 bits per heavy atom. The Morgan fingerprint density at radius 1 is 1.37 bits per heavy atom. The summed E-state index contributed by atoms with van der Waals surface area (Å²) in [6.45, 7) is 0. The normalized spacial score (nSPS) is 10.3. The first-order chi connectivity index (χ1) is 9.11. The summed E-state index contributed by atoms with van der Waals surface area (Å²) in [6, 6.07) is 7.76. The van der Waals surface area contributed by atoms with Gasteiger partial charge in [-0.05, 0) is 24.3 Å². The molecule has 1 heterocycles. The molecule has 1 aromatic carbocycles. The molecule has 2 aromatic rings. The zero-order valence-corrected chi connectivity index (χ0v) is 10.9. The minimum Gasteiger partial charge on any atom is -0.465 e. The summed E-state index contributed by atoms with van der Waals surface area (Å²) in [5.41, 5.74) is 1.37. The summed E-state index contributed by atoms with van der Waals surface area (Å²) in [5, 5.41) is 0.360. The van der Waals surface area contributed by atoms with Crippen LogP contribution in [-0.2, 0) is 11.2 Å². The SMILES string of the molecule is COC(=O)c1ccc(Cc2c(F)cccc2Cl)nc1. The molecule has 0 saturated heterocycles. The van der Waals surface area contributed by atoms with Crippen molar-refractivity contribution in [2.24, 2.45) is 0 Å². The molecule has 19 heavy (non-hydrogen) atoms. The van der Waals surface area contributed by atoms with Crippen molar-refractivity contribution in [1.29, 1.82) is 0 Å². The van der Waals surface area contributed by atoms with Gasteiger partial charge in [0, 0.05) is 28.9 Å². The third kappa shape index (κ3) is 3.09. The average molecular weight is 280 g/mol. The van der Waals surface area contributed by atoms with E-state index < -0.39 is 5.97 Å². The fraction of sp³-hybridized carbons (Fsp3) is 0.143. The van der Waals surface area contributed by atoms with Crippen molar-refractivity contribution in [3.63, 3.8) is 0 Å². The number of carbonyl (C=O) groups is 1. The number of rotatable bonds is 3. The van der Waals surface area contributed by atoms with Gasteiger partial charge in [0.25, 0.3) is 0 Å². The number of carbonyl (C=O) groups excluding carboxylic acids is 1. The molecular weight excluding hydrogens is 269 g/mol. The molecule has 1 aromatic heterocycles. The topological polar surface area (TPSA) is 39.2 Å². The molecule has 0 aliphatic rings. The number of nitrogens with zero attached hydrogens (tertiary/aromatic N) is 1. The number of halogens is 2. The first-order valence-corrected chi connectivity index (χ1v) is 5.95. The molecule has 3 nitrogen and oxygen atoms in total. The maximum absolute atomic E-state index is 13.6. The molecule has 0 atom stereocenters. The number of methoxy groups -OCH3 is 1. The maximum Gasteiger partial charge on any atom is 0.339 e. The summed E-state index contributed by atoms with van der Waals surface area (Å²) in [7, 11) is 1.30. The van der Waals surface area contributed by atoms with Gasteiger partial charge < -0.3 is 4.74 Å². The van der Waals surface area contributed by atoms with E-state index in [9.17, 15) is 9.18 Å². The molecule has 0 spiro atoms. The Labute approximate surface area is 115 Å². The van der Waals surface area contributed by atoms with Gasteiger partial charge in [-0.3, -0.25) is 4.98 Å². The molecular formula is C14H11ClFNO2. The Kier molecular flexibility index (Phi) is 4.12. The fourth-order valence-corrected chi connectivity index (χ4v) is 1.88. The lowest BCUT2D eigenvalue weighted by Gasteiger charge is -2.06. The van der Waals surface area contributed by atoms with Crippen LogP contribution in [0.3, 0.4) is 0 Å². The Balaban J connectivity index is 2.22. The number of benzene rings is 1. The summed E-state index contributed by atoms with van der Waals surface area (Å²) < 4.78 is 18.2. The van der Waals surface area contributed by atoms with Gasteiger partial charge in [-0.1, -0.05) is 17.7 Å². The number of hydrogen-bond donors (Lipinski definition) is 0. The van der Waals surface area contributed by atoms with Crippen LogP contribution in [-0.4, -0.2) is 18.1 Å². The number of aromatic nitrogens is 1. The van der Waals surface area contributed by atoms with Gasteiger partial charge in [0.1, 0.15) is 5.82 Å². The smallest absolute Gasteiger partial charge is 0.339 e. The van der Waals surface area contributed by atoms with Crippen molar-refractivity contribution in [3.05, 3.63) is 64.2 Å². The summed E-state index contributed by atoms with van der Waals surface area (Å²) in [4.78, 5) is 15.3. The van der Waals surface area contributed by atoms with Crippen LogP contribution < -0.4 is 0 Å². The van der Waals surface area contributed by atoms with E-state index >= 15 is 0 Å². The van der Waals surface area contributed by atoms with Crippen molar-refractivity contribution in [2.75, 3.05) is 7.11 Å². The monoisotopic (exact) mass is 279 g/mol. The summed E-state index contributed by atoms with van der Waals surface area (Å²) >= 11 is 5.94. The Bertz CT molecular complexity index is 579. The second-order valence-corrected chi connectivity index (χ2v) is 4.31. The van der Waals surface area contributed by atoms with Crippen LogP contribution in [0, 0.1) is 5.82 Å². The summed E-state index contributed by atoms with van der Waals surface area (Å²) in [5.74, 6) is -0.825. The third-order valence-electron chi connectivity index (χ3n) is 2.67. The third-order valence-corrected chi connectivity index (χ3v) is 3.02. The Morgan fingerprint density at radius 2 is 2.16 bits per heavy atom. The molecule has 98 valence electrons. The van der Waals surface area contributed by atoms with Crippen LogP contribution in [0.1, 0.15) is 21.6 Å². The van der Waals surface area contributed by atoms with Gasteiger partial charge in [0.05, 0.1) is 12.7 Å². The molecule has 0 unspecified atom stereocenters. The highest BCUT2D eigenvalue weighted by Gasteiger charge is 2.10. The molecule has 0 aliphatic heterocycles. The highest BCUT2D eigenvalue weighted by atomic mass is 35.5. The largest absolute Gasteiger partial charge is 0.465 e. The zero-order chi connectivity index (χ0) is 13.8. The molecule has 0 N–H and O–H groups in total. The van der Waals surface area contributed by atoms with Crippen LogP contribution >= 0.6 is 11.6 Å². The zero-order valence-electron chi connectivity index (χ0n) is 10.2. The molecule has 5 heteroatoms. The van der Waals surface area contributed by atoms with Crippen LogP contribution in [0.15, 0.2) is 36.5 Å². The van der Waals surface area contributed by atoms with Gasteiger partial charge in [-0.15, -0.1) is 0 Å². The second kappa shape index (κ2) is 5.80. The number of ether oxygens (including phenoxy) is 1. The molecule has 0 saturated carbocycles. The highest BCUT2D eigenvalue weighted by Crippen LogP contribution is 2.21. The first-order valence-electron chi connectivity index (χ1n) is 5.58. The number of esters is 1. The minimum absolute atomic E-state index is 0.271. The number of pyridine rings is 1. The van der Waals surface area contributed by atoms with Gasteiger partial charge in [0.2, 0.25) is 0 Å². The lowest BCUT2D eigenvalue weighted by atomic mass is 10.1. The summed E-state index contributed by atoms with van der Waals surface area (Å²) in [6.07, 6.45) is 1.67. The van der Waals surface area contributed by atoms with Crippen molar-refractivity contribution in [3.8, 4) is 0 Å². The van der Waals surface area contributed by atoms with Gasteiger partial charge in [-0.25, -0.2) is 9.18 Å². The van der Waals surface area contributed by atoms with E-state index in [1.54, 1.807) is 24.3 Å². The minimum atomic E-state index is -0.456. The lowest BCUT2D eigenvalue weighted by molar-refractivity contribution is 0.0600. The lowest BCUT2D eigenvalue weighted by Crippen LogP contribution is -2.03. The van der Waals surface area contributed by atoms with Crippen molar-refractivity contribution >= 4 is 17.6 Å².